The average molecular weight is 270 g/mol. The van der Waals surface area contributed by atoms with Gasteiger partial charge in [-0.1, -0.05) is 35.4 Å². The molecule has 0 radical (unpaired) electrons. The highest BCUT2D eigenvalue weighted by Gasteiger charge is 2.39. The summed E-state index contributed by atoms with van der Waals surface area (Å²) in [5, 5.41) is 3.69. The first-order valence-corrected chi connectivity index (χ1v) is 7.67. The van der Waals surface area contributed by atoms with Crippen LogP contribution in [-0.4, -0.2) is 23.5 Å². The molecule has 0 saturated carbocycles. The van der Waals surface area contributed by atoms with Crippen molar-refractivity contribution in [3.63, 3.8) is 0 Å². The Morgan fingerprint density at radius 2 is 1.85 bits per heavy atom. The molecule has 2 atom stereocenters. The molecule has 2 aliphatic heterocycles. The number of azide groups is 1. The lowest BCUT2D eigenvalue weighted by atomic mass is 9.88. The van der Waals surface area contributed by atoms with E-state index in [0.717, 1.165) is 31.0 Å². The number of piperidine rings is 1. The Labute approximate surface area is 120 Å². The van der Waals surface area contributed by atoms with E-state index in [9.17, 15) is 0 Å². The minimum absolute atomic E-state index is 0.666. The molecule has 0 aromatic heterocycles. The van der Waals surface area contributed by atoms with Crippen molar-refractivity contribution < 1.29 is 0 Å². The summed E-state index contributed by atoms with van der Waals surface area (Å²) in [6.07, 6.45) is 6.32. The Morgan fingerprint density at radius 1 is 1.15 bits per heavy atom. The minimum Gasteiger partial charge on any atom is -0.293 e. The number of hydrogen-bond acceptors (Lipinski definition) is 2. The van der Waals surface area contributed by atoms with Crippen molar-refractivity contribution in [2.24, 2.45) is 11.0 Å². The van der Waals surface area contributed by atoms with Gasteiger partial charge in [0.25, 0.3) is 0 Å². The van der Waals surface area contributed by atoms with Crippen LogP contribution in [-0.2, 0) is 6.54 Å². The number of benzene rings is 1. The van der Waals surface area contributed by atoms with Gasteiger partial charge in [0.05, 0.1) is 0 Å². The van der Waals surface area contributed by atoms with Gasteiger partial charge < -0.3 is 0 Å². The normalized spacial score (nSPS) is 29.1. The number of hydrogen-bond donors (Lipinski definition) is 0. The lowest BCUT2D eigenvalue weighted by molar-refractivity contribution is 0.0938. The molecule has 1 aromatic carbocycles. The molecule has 4 heteroatoms. The summed E-state index contributed by atoms with van der Waals surface area (Å²) >= 11 is 0. The second kappa shape index (κ2) is 6.29. The molecule has 20 heavy (non-hydrogen) atoms. The summed E-state index contributed by atoms with van der Waals surface area (Å²) in [6, 6.07) is 12.3. The molecule has 0 spiro atoms. The first kappa shape index (κ1) is 13.5. The van der Waals surface area contributed by atoms with Gasteiger partial charge in [0.2, 0.25) is 0 Å². The molecule has 4 nitrogen and oxygen atoms in total. The number of fused-ring (bicyclic) bond motifs is 2. The fraction of sp³-hybridized carbons (Fsp3) is 0.625. The summed E-state index contributed by atoms with van der Waals surface area (Å²) in [5.74, 6) is 0.755. The highest BCUT2D eigenvalue weighted by atomic mass is 15.2. The Hall–Kier alpha value is -1.51. The van der Waals surface area contributed by atoms with Crippen LogP contribution < -0.4 is 0 Å². The summed E-state index contributed by atoms with van der Waals surface area (Å²) in [4.78, 5) is 5.57. The largest absolute Gasteiger partial charge is 0.293 e. The van der Waals surface area contributed by atoms with Crippen molar-refractivity contribution in [2.75, 3.05) is 6.54 Å². The first-order valence-electron chi connectivity index (χ1n) is 7.67. The lowest BCUT2D eigenvalue weighted by Gasteiger charge is -2.39. The van der Waals surface area contributed by atoms with Crippen LogP contribution in [0.4, 0.5) is 0 Å². The molecule has 0 amide bonds. The Morgan fingerprint density at radius 3 is 2.50 bits per heavy atom. The molecule has 106 valence electrons. The minimum atomic E-state index is 0.666. The van der Waals surface area contributed by atoms with Crippen molar-refractivity contribution in [3.8, 4) is 0 Å². The Balaban J connectivity index is 1.59. The topological polar surface area (TPSA) is 52.0 Å². The van der Waals surface area contributed by atoms with Gasteiger partial charge in [-0.25, -0.2) is 0 Å². The highest BCUT2D eigenvalue weighted by molar-refractivity contribution is 5.15. The van der Waals surface area contributed by atoms with Crippen molar-refractivity contribution in [2.45, 2.75) is 50.7 Å². The summed E-state index contributed by atoms with van der Waals surface area (Å²) in [7, 11) is 0. The molecule has 1 aromatic rings. The first-order chi connectivity index (χ1) is 9.86. The Bertz CT molecular complexity index is 467. The van der Waals surface area contributed by atoms with Crippen molar-refractivity contribution >= 4 is 0 Å². The van der Waals surface area contributed by atoms with Crippen LogP contribution in [0.2, 0.25) is 0 Å². The zero-order valence-corrected chi connectivity index (χ0v) is 11.9. The standard InChI is InChI=1S/C16H22N4/c17-19-18-9-8-14-10-15-6-7-16(11-14)20(15)12-13-4-2-1-3-5-13/h1-5,14-16H,6-12H2. The van der Waals surface area contributed by atoms with Crippen molar-refractivity contribution in [3.05, 3.63) is 46.3 Å². The van der Waals surface area contributed by atoms with Gasteiger partial charge in [0.15, 0.2) is 0 Å². The van der Waals surface area contributed by atoms with Crippen molar-refractivity contribution in [1.29, 1.82) is 0 Å². The predicted molar refractivity (Wildman–Crippen MR) is 80.1 cm³/mol. The summed E-state index contributed by atoms with van der Waals surface area (Å²) < 4.78 is 0. The van der Waals surface area contributed by atoms with Crippen LogP contribution in [0.15, 0.2) is 35.4 Å². The SMILES string of the molecule is [N-]=[N+]=NCCC1CC2CCC(C1)N2Cc1ccccc1. The van der Waals surface area contributed by atoms with Crippen molar-refractivity contribution in [1.82, 2.24) is 4.90 Å². The molecule has 2 fully saturated rings. The van der Waals surface area contributed by atoms with E-state index in [1.165, 1.54) is 31.2 Å². The number of nitrogens with zero attached hydrogens (tertiary/aromatic N) is 4. The lowest BCUT2D eigenvalue weighted by Crippen LogP contribution is -2.42. The molecule has 2 aliphatic rings. The van der Waals surface area contributed by atoms with Gasteiger partial charge in [0, 0.05) is 30.1 Å². The van der Waals surface area contributed by atoms with Gasteiger partial charge in [-0.15, -0.1) is 0 Å². The van der Waals surface area contributed by atoms with Crippen LogP contribution >= 0.6 is 0 Å². The average Bonchev–Trinajstić information content (AvgIpc) is 2.72. The molecule has 2 heterocycles. The van der Waals surface area contributed by atoms with E-state index in [4.69, 9.17) is 5.53 Å². The van der Waals surface area contributed by atoms with Gasteiger partial charge in [-0.3, -0.25) is 4.90 Å². The molecule has 2 saturated heterocycles. The third-order valence-corrected chi connectivity index (χ3v) is 4.89. The van der Waals surface area contributed by atoms with Gasteiger partial charge in [-0.2, -0.15) is 0 Å². The number of rotatable bonds is 5. The molecule has 0 N–H and O–H groups in total. The summed E-state index contributed by atoms with van der Waals surface area (Å²) in [6.45, 7) is 1.76. The van der Waals surface area contributed by atoms with E-state index in [-0.39, 0.29) is 0 Å². The third-order valence-electron chi connectivity index (χ3n) is 4.89. The zero-order valence-electron chi connectivity index (χ0n) is 11.9. The van der Waals surface area contributed by atoms with Gasteiger partial charge in [-0.05, 0) is 49.1 Å². The molecule has 0 aliphatic carbocycles. The van der Waals surface area contributed by atoms with E-state index in [1.54, 1.807) is 0 Å². The molecule has 2 bridgehead atoms. The molecule has 2 unspecified atom stereocenters. The van der Waals surface area contributed by atoms with E-state index in [1.807, 2.05) is 0 Å². The van der Waals surface area contributed by atoms with Crippen LogP contribution in [0, 0.1) is 5.92 Å². The maximum absolute atomic E-state index is 8.37. The fourth-order valence-electron chi connectivity index (χ4n) is 3.96. The van der Waals surface area contributed by atoms with E-state index in [2.05, 4.69) is 45.3 Å². The van der Waals surface area contributed by atoms with Crippen LogP contribution in [0.1, 0.15) is 37.7 Å². The van der Waals surface area contributed by atoms with Gasteiger partial charge >= 0.3 is 0 Å². The van der Waals surface area contributed by atoms with Crippen LogP contribution in [0.25, 0.3) is 10.4 Å². The zero-order chi connectivity index (χ0) is 13.8. The summed E-state index contributed by atoms with van der Waals surface area (Å²) in [5.41, 5.74) is 9.80. The molecular weight excluding hydrogens is 248 g/mol. The van der Waals surface area contributed by atoms with E-state index in [0.29, 0.717) is 6.54 Å². The predicted octanol–water partition coefficient (Wildman–Crippen LogP) is 4.13. The van der Waals surface area contributed by atoms with Crippen LogP contribution in [0.5, 0.6) is 0 Å². The second-order valence-corrected chi connectivity index (χ2v) is 6.12. The van der Waals surface area contributed by atoms with Gasteiger partial charge in [0.1, 0.15) is 0 Å². The van der Waals surface area contributed by atoms with E-state index < -0.39 is 0 Å². The smallest absolute Gasteiger partial charge is 0.0260 e. The third kappa shape index (κ3) is 2.97. The fourth-order valence-corrected chi connectivity index (χ4v) is 3.96. The quantitative estimate of drug-likeness (QED) is 0.451. The maximum Gasteiger partial charge on any atom is 0.0260 e. The maximum atomic E-state index is 8.37. The molecule has 3 rings (SSSR count). The Kier molecular flexibility index (Phi) is 4.24. The highest BCUT2D eigenvalue weighted by Crippen LogP contribution is 2.40. The monoisotopic (exact) mass is 270 g/mol. The van der Waals surface area contributed by atoms with E-state index >= 15 is 0 Å². The van der Waals surface area contributed by atoms with Crippen LogP contribution in [0.3, 0.4) is 0 Å². The molecular formula is C16H22N4. The second-order valence-electron chi connectivity index (χ2n) is 6.12.